The Balaban J connectivity index is 1.72. The minimum absolute atomic E-state index is 0.0282. The fraction of sp³-hybridized carbons (Fsp3) is 0.692. The second-order valence-corrected chi connectivity index (χ2v) is 6.21. The van der Waals surface area contributed by atoms with Gasteiger partial charge in [0.25, 0.3) is 0 Å². The molecule has 0 N–H and O–H groups in total. The molecule has 0 radical (unpaired) electrons. The molecule has 0 saturated carbocycles. The predicted octanol–water partition coefficient (Wildman–Crippen LogP) is 1.84. The molecule has 2 atom stereocenters. The van der Waals surface area contributed by atoms with E-state index in [0.717, 1.165) is 37.4 Å². The second kappa shape index (κ2) is 5.96. The highest BCUT2D eigenvalue weighted by Crippen LogP contribution is 2.25. The minimum Gasteiger partial charge on any atom is -0.376 e. The number of carbonyl (C=O) groups excluding carboxylic acids is 1. The Labute approximate surface area is 117 Å². The van der Waals surface area contributed by atoms with E-state index in [1.807, 2.05) is 16.7 Å². The molecule has 2 saturated heterocycles. The van der Waals surface area contributed by atoms with Crippen LogP contribution in [0, 0.1) is 0 Å². The quantitative estimate of drug-likeness (QED) is 0.848. The summed E-state index contributed by atoms with van der Waals surface area (Å²) >= 11 is 1.92. The van der Waals surface area contributed by atoms with Crippen LogP contribution in [0.5, 0.6) is 0 Å². The van der Waals surface area contributed by atoms with Crippen LogP contribution in [-0.4, -0.2) is 57.3 Å². The average Bonchev–Trinajstić information content (AvgIpc) is 3.15. The molecule has 2 aliphatic rings. The molecule has 5 nitrogen and oxygen atoms in total. The number of hydrogen-bond donors (Lipinski definition) is 0. The van der Waals surface area contributed by atoms with Crippen molar-refractivity contribution in [2.75, 3.05) is 24.7 Å². The lowest BCUT2D eigenvalue weighted by Crippen LogP contribution is -2.46. The molecule has 6 heteroatoms. The van der Waals surface area contributed by atoms with E-state index in [-0.39, 0.29) is 12.1 Å². The van der Waals surface area contributed by atoms with Gasteiger partial charge in [0.15, 0.2) is 0 Å². The number of ether oxygens (including phenoxy) is 1. The summed E-state index contributed by atoms with van der Waals surface area (Å²) in [5.74, 6) is 2.18. The Bertz CT molecular complexity index is 412. The van der Waals surface area contributed by atoms with Crippen LogP contribution in [0.25, 0.3) is 0 Å². The van der Waals surface area contributed by atoms with Crippen LogP contribution in [0.1, 0.15) is 19.3 Å². The topological polar surface area (TPSA) is 47.4 Å². The van der Waals surface area contributed by atoms with Gasteiger partial charge in [0, 0.05) is 37.3 Å². The molecule has 3 heterocycles. The predicted molar refractivity (Wildman–Crippen MR) is 74.4 cm³/mol. The molecule has 0 bridgehead atoms. The summed E-state index contributed by atoms with van der Waals surface area (Å²) in [6.07, 6.45) is 8.40. The Hall–Kier alpha value is -1.01. The first-order valence-corrected chi connectivity index (χ1v) is 7.98. The molecule has 2 aliphatic heterocycles. The highest BCUT2D eigenvalue weighted by Gasteiger charge is 2.31. The number of amides is 1. The molecule has 2 unspecified atom stereocenters. The zero-order valence-electron chi connectivity index (χ0n) is 10.9. The van der Waals surface area contributed by atoms with Gasteiger partial charge in [-0.25, -0.2) is 9.78 Å². The Morgan fingerprint density at radius 1 is 1.53 bits per heavy atom. The van der Waals surface area contributed by atoms with Gasteiger partial charge in [-0.2, -0.15) is 11.8 Å². The summed E-state index contributed by atoms with van der Waals surface area (Å²) in [6, 6.07) is 0.365. The lowest BCUT2D eigenvalue weighted by Gasteiger charge is -2.30. The molecule has 1 aromatic heterocycles. The minimum atomic E-state index is 0.0282. The van der Waals surface area contributed by atoms with Gasteiger partial charge in [0.05, 0.1) is 6.10 Å². The van der Waals surface area contributed by atoms with Crippen molar-refractivity contribution in [3.05, 3.63) is 18.7 Å². The van der Waals surface area contributed by atoms with E-state index in [1.54, 1.807) is 23.3 Å². The summed E-state index contributed by atoms with van der Waals surface area (Å²) in [5, 5.41) is 0. The van der Waals surface area contributed by atoms with Crippen LogP contribution in [0.3, 0.4) is 0 Å². The van der Waals surface area contributed by atoms with Gasteiger partial charge in [0.1, 0.15) is 6.33 Å². The first-order chi connectivity index (χ1) is 9.34. The van der Waals surface area contributed by atoms with Crippen LogP contribution < -0.4 is 0 Å². The van der Waals surface area contributed by atoms with E-state index >= 15 is 0 Å². The maximum Gasteiger partial charge on any atom is 0.329 e. The highest BCUT2D eigenvalue weighted by molar-refractivity contribution is 7.99. The first-order valence-electron chi connectivity index (χ1n) is 6.83. The third-order valence-corrected chi connectivity index (χ3v) is 4.89. The Kier molecular flexibility index (Phi) is 4.08. The third-order valence-electron chi connectivity index (χ3n) is 3.74. The smallest absolute Gasteiger partial charge is 0.329 e. The average molecular weight is 281 g/mol. The van der Waals surface area contributed by atoms with Crippen molar-refractivity contribution in [3.63, 3.8) is 0 Å². The van der Waals surface area contributed by atoms with Crippen molar-refractivity contribution in [1.82, 2.24) is 14.5 Å². The highest BCUT2D eigenvalue weighted by atomic mass is 32.2. The van der Waals surface area contributed by atoms with Crippen molar-refractivity contribution in [2.45, 2.75) is 31.4 Å². The standard InChI is InChI=1S/C13H19N3O2S/c17-13(15-5-4-14-10-15)16(11-3-7-19-9-11)8-12-2-1-6-18-12/h4-5,10-12H,1-3,6-9H2. The zero-order chi connectivity index (χ0) is 13.1. The molecule has 0 spiro atoms. The van der Waals surface area contributed by atoms with Crippen molar-refractivity contribution < 1.29 is 9.53 Å². The largest absolute Gasteiger partial charge is 0.376 e. The van der Waals surface area contributed by atoms with Crippen LogP contribution in [0.15, 0.2) is 18.7 Å². The lowest BCUT2D eigenvalue weighted by molar-refractivity contribution is 0.0726. The summed E-state index contributed by atoms with van der Waals surface area (Å²) in [7, 11) is 0. The fourth-order valence-electron chi connectivity index (χ4n) is 2.68. The monoisotopic (exact) mass is 281 g/mol. The third kappa shape index (κ3) is 2.95. The van der Waals surface area contributed by atoms with Gasteiger partial charge in [-0.15, -0.1) is 0 Å². The second-order valence-electron chi connectivity index (χ2n) is 5.06. The Morgan fingerprint density at radius 2 is 2.47 bits per heavy atom. The zero-order valence-corrected chi connectivity index (χ0v) is 11.7. The van der Waals surface area contributed by atoms with E-state index in [1.165, 1.54) is 0 Å². The summed E-state index contributed by atoms with van der Waals surface area (Å²) in [4.78, 5) is 18.5. The van der Waals surface area contributed by atoms with Gasteiger partial charge >= 0.3 is 6.03 Å². The molecule has 104 valence electrons. The van der Waals surface area contributed by atoms with E-state index in [0.29, 0.717) is 12.6 Å². The summed E-state index contributed by atoms with van der Waals surface area (Å²) in [5.41, 5.74) is 0. The van der Waals surface area contributed by atoms with Gasteiger partial charge in [-0.1, -0.05) is 0 Å². The summed E-state index contributed by atoms with van der Waals surface area (Å²) in [6.45, 7) is 1.54. The molecular weight excluding hydrogens is 262 g/mol. The van der Waals surface area contributed by atoms with Crippen LogP contribution in [0.4, 0.5) is 4.79 Å². The molecule has 0 aromatic carbocycles. The normalized spacial score (nSPS) is 26.7. The van der Waals surface area contributed by atoms with E-state index in [4.69, 9.17) is 4.74 Å². The number of rotatable bonds is 3. The molecular formula is C13H19N3O2S. The van der Waals surface area contributed by atoms with Crippen molar-refractivity contribution >= 4 is 17.8 Å². The van der Waals surface area contributed by atoms with Crippen LogP contribution >= 0.6 is 11.8 Å². The van der Waals surface area contributed by atoms with Crippen LogP contribution in [0.2, 0.25) is 0 Å². The number of carbonyl (C=O) groups is 1. The number of thioether (sulfide) groups is 1. The number of hydrogen-bond acceptors (Lipinski definition) is 4. The maximum absolute atomic E-state index is 12.6. The van der Waals surface area contributed by atoms with Crippen LogP contribution in [-0.2, 0) is 4.74 Å². The molecule has 3 rings (SSSR count). The van der Waals surface area contributed by atoms with Gasteiger partial charge < -0.3 is 9.64 Å². The first kappa shape index (κ1) is 13.0. The summed E-state index contributed by atoms with van der Waals surface area (Å²) < 4.78 is 7.25. The van der Waals surface area contributed by atoms with Gasteiger partial charge in [-0.3, -0.25) is 4.57 Å². The van der Waals surface area contributed by atoms with Crippen molar-refractivity contribution in [1.29, 1.82) is 0 Å². The van der Waals surface area contributed by atoms with Crippen molar-refractivity contribution in [2.24, 2.45) is 0 Å². The number of imidazole rings is 1. The maximum atomic E-state index is 12.6. The lowest BCUT2D eigenvalue weighted by atomic mass is 10.2. The molecule has 1 amide bonds. The molecule has 19 heavy (non-hydrogen) atoms. The van der Waals surface area contributed by atoms with Crippen molar-refractivity contribution in [3.8, 4) is 0 Å². The molecule has 1 aromatic rings. The molecule has 0 aliphatic carbocycles. The van der Waals surface area contributed by atoms with E-state index in [9.17, 15) is 4.79 Å². The van der Waals surface area contributed by atoms with E-state index < -0.39 is 0 Å². The number of nitrogens with zero attached hydrogens (tertiary/aromatic N) is 3. The van der Waals surface area contributed by atoms with Gasteiger partial charge in [0.2, 0.25) is 0 Å². The number of aromatic nitrogens is 2. The molecule has 2 fully saturated rings. The van der Waals surface area contributed by atoms with Gasteiger partial charge in [-0.05, 0) is 25.0 Å². The fourth-order valence-corrected chi connectivity index (χ4v) is 3.90. The van der Waals surface area contributed by atoms with E-state index in [2.05, 4.69) is 4.98 Å². The SMILES string of the molecule is O=C(N(CC1CCCO1)C1CCSC1)n1ccnc1. The Morgan fingerprint density at radius 3 is 3.11 bits per heavy atom.